The summed E-state index contributed by atoms with van der Waals surface area (Å²) >= 11 is 0. The van der Waals surface area contributed by atoms with E-state index in [1.807, 2.05) is 0 Å². The molecule has 19 heavy (non-hydrogen) atoms. The van der Waals surface area contributed by atoms with E-state index in [-0.39, 0.29) is 0 Å². The number of rotatable bonds is 9. The molecule has 0 spiro atoms. The minimum Gasteiger partial charge on any atom is -0.315 e. The van der Waals surface area contributed by atoms with Gasteiger partial charge in [-0.2, -0.15) is 0 Å². The van der Waals surface area contributed by atoms with Crippen molar-refractivity contribution in [2.45, 2.75) is 71.3 Å². The molecule has 2 aliphatic rings. The Morgan fingerprint density at radius 3 is 2.79 bits per heavy atom. The highest BCUT2D eigenvalue weighted by Gasteiger charge is 2.38. The monoisotopic (exact) mass is 266 g/mol. The van der Waals surface area contributed by atoms with E-state index >= 15 is 0 Å². The Bertz CT molecular complexity index is 239. The van der Waals surface area contributed by atoms with Crippen molar-refractivity contribution < 1.29 is 0 Å². The van der Waals surface area contributed by atoms with Gasteiger partial charge in [0.1, 0.15) is 0 Å². The standard InChI is InChI=1S/C17H34N2/c1-14(2)8-5-3-4-6-11-18-13-17-16-10-7-9-15(16)12-19-17/h14-19H,3-13H2,1-2H3. The van der Waals surface area contributed by atoms with E-state index in [4.69, 9.17) is 0 Å². The first-order valence-electron chi connectivity index (χ1n) is 8.71. The molecule has 1 aliphatic carbocycles. The van der Waals surface area contributed by atoms with Gasteiger partial charge in [-0.15, -0.1) is 0 Å². The summed E-state index contributed by atoms with van der Waals surface area (Å²) < 4.78 is 0. The molecule has 2 rings (SSSR count). The van der Waals surface area contributed by atoms with Gasteiger partial charge in [-0.1, -0.05) is 46.0 Å². The number of hydrogen-bond donors (Lipinski definition) is 2. The summed E-state index contributed by atoms with van der Waals surface area (Å²) in [5.41, 5.74) is 0. The second-order valence-electron chi connectivity index (χ2n) is 7.17. The van der Waals surface area contributed by atoms with Crippen molar-refractivity contribution in [2.24, 2.45) is 17.8 Å². The third kappa shape index (κ3) is 5.07. The quantitative estimate of drug-likeness (QED) is 0.623. The average molecular weight is 266 g/mol. The molecule has 0 amide bonds. The summed E-state index contributed by atoms with van der Waals surface area (Å²) in [6.07, 6.45) is 11.4. The Labute approximate surface area is 120 Å². The van der Waals surface area contributed by atoms with Gasteiger partial charge in [0.2, 0.25) is 0 Å². The summed E-state index contributed by atoms with van der Waals surface area (Å²) in [4.78, 5) is 0. The second kappa shape index (κ2) is 8.26. The largest absolute Gasteiger partial charge is 0.315 e. The predicted octanol–water partition coefficient (Wildman–Crippen LogP) is 3.57. The maximum Gasteiger partial charge on any atom is 0.0223 e. The highest BCUT2D eigenvalue weighted by molar-refractivity contribution is 4.94. The van der Waals surface area contributed by atoms with Crippen LogP contribution in [0.5, 0.6) is 0 Å². The van der Waals surface area contributed by atoms with Crippen LogP contribution in [0, 0.1) is 17.8 Å². The lowest BCUT2D eigenvalue weighted by molar-refractivity contribution is 0.391. The molecule has 2 nitrogen and oxygen atoms in total. The fourth-order valence-electron chi connectivity index (χ4n) is 3.94. The van der Waals surface area contributed by atoms with E-state index in [2.05, 4.69) is 24.5 Å². The molecule has 2 N–H and O–H groups in total. The van der Waals surface area contributed by atoms with E-state index in [9.17, 15) is 0 Å². The van der Waals surface area contributed by atoms with Gasteiger partial charge in [-0.05, 0) is 50.1 Å². The molecule has 1 saturated heterocycles. The smallest absolute Gasteiger partial charge is 0.0223 e. The van der Waals surface area contributed by atoms with Gasteiger partial charge in [0, 0.05) is 12.6 Å². The lowest BCUT2D eigenvalue weighted by Gasteiger charge is -2.18. The predicted molar refractivity (Wildman–Crippen MR) is 83.4 cm³/mol. The van der Waals surface area contributed by atoms with Crippen molar-refractivity contribution in [3.05, 3.63) is 0 Å². The van der Waals surface area contributed by atoms with Gasteiger partial charge < -0.3 is 10.6 Å². The molecular weight excluding hydrogens is 232 g/mol. The summed E-state index contributed by atoms with van der Waals surface area (Å²) in [6, 6.07) is 0.772. The molecule has 0 aromatic carbocycles. The normalized spacial score (nSPS) is 30.2. The molecule has 0 radical (unpaired) electrons. The number of unbranched alkanes of at least 4 members (excludes halogenated alkanes) is 3. The first-order chi connectivity index (χ1) is 9.27. The van der Waals surface area contributed by atoms with Crippen LogP contribution < -0.4 is 10.6 Å². The lowest BCUT2D eigenvalue weighted by atomic mass is 9.94. The minimum absolute atomic E-state index is 0.772. The third-order valence-corrected chi connectivity index (χ3v) is 5.13. The summed E-state index contributed by atoms with van der Waals surface area (Å²) in [5.74, 6) is 2.87. The van der Waals surface area contributed by atoms with E-state index < -0.39 is 0 Å². The van der Waals surface area contributed by atoms with Gasteiger partial charge in [0.15, 0.2) is 0 Å². The molecule has 1 saturated carbocycles. The van der Waals surface area contributed by atoms with Crippen LogP contribution in [0.25, 0.3) is 0 Å². The van der Waals surface area contributed by atoms with Crippen LogP contribution in [0.2, 0.25) is 0 Å². The highest BCUT2D eigenvalue weighted by atomic mass is 15.0. The molecule has 2 fully saturated rings. The van der Waals surface area contributed by atoms with E-state index in [1.54, 1.807) is 0 Å². The van der Waals surface area contributed by atoms with Crippen molar-refractivity contribution in [1.29, 1.82) is 0 Å². The summed E-state index contributed by atoms with van der Waals surface area (Å²) in [5, 5.41) is 7.40. The molecule has 2 heteroatoms. The molecule has 1 aliphatic heterocycles. The molecule has 0 bridgehead atoms. The van der Waals surface area contributed by atoms with Crippen LogP contribution in [0.3, 0.4) is 0 Å². The third-order valence-electron chi connectivity index (χ3n) is 5.13. The Morgan fingerprint density at radius 2 is 1.95 bits per heavy atom. The topological polar surface area (TPSA) is 24.1 Å². The van der Waals surface area contributed by atoms with E-state index in [0.717, 1.165) is 23.8 Å². The van der Waals surface area contributed by atoms with Crippen molar-refractivity contribution in [3.8, 4) is 0 Å². The molecular formula is C17H34N2. The summed E-state index contributed by atoms with van der Waals surface area (Å²) in [7, 11) is 0. The maximum absolute atomic E-state index is 3.72. The van der Waals surface area contributed by atoms with Gasteiger partial charge in [0.25, 0.3) is 0 Å². The first-order valence-corrected chi connectivity index (χ1v) is 8.71. The fraction of sp³-hybridized carbons (Fsp3) is 1.00. The van der Waals surface area contributed by atoms with Gasteiger partial charge in [-0.25, -0.2) is 0 Å². The Kier molecular flexibility index (Phi) is 6.66. The number of fused-ring (bicyclic) bond motifs is 1. The zero-order valence-corrected chi connectivity index (χ0v) is 13.1. The zero-order valence-electron chi connectivity index (χ0n) is 13.1. The lowest BCUT2D eigenvalue weighted by Crippen LogP contribution is -2.38. The van der Waals surface area contributed by atoms with Crippen LogP contribution in [-0.2, 0) is 0 Å². The van der Waals surface area contributed by atoms with Gasteiger partial charge in [0.05, 0.1) is 0 Å². The van der Waals surface area contributed by atoms with Crippen molar-refractivity contribution in [2.75, 3.05) is 19.6 Å². The van der Waals surface area contributed by atoms with Crippen LogP contribution in [0.4, 0.5) is 0 Å². The van der Waals surface area contributed by atoms with Crippen LogP contribution in [0.1, 0.15) is 65.2 Å². The molecule has 0 aromatic rings. The Hall–Kier alpha value is -0.0800. The molecule has 3 unspecified atom stereocenters. The molecule has 0 aromatic heterocycles. The second-order valence-corrected chi connectivity index (χ2v) is 7.17. The molecule has 1 heterocycles. The van der Waals surface area contributed by atoms with E-state index in [1.165, 1.54) is 71.0 Å². The zero-order chi connectivity index (χ0) is 13.5. The minimum atomic E-state index is 0.772. The maximum atomic E-state index is 3.72. The molecule has 112 valence electrons. The van der Waals surface area contributed by atoms with Gasteiger partial charge >= 0.3 is 0 Å². The average Bonchev–Trinajstić information content (AvgIpc) is 2.96. The fourth-order valence-corrected chi connectivity index (χ4v) is 3.94. The summed E-state index contributed by atoms with van der Waals surface area (Å²) in [6.45, 7) is 8.36. The SMILES string of the molecule is CC(C)CCCCCCNCC1NCC2CCCC21. The highest BCUT2D eigenvalue weighted by Crippen LogP contribution is 2.37. The van der Waals surface area contributed by atoms with Gasteiger partial charge in [-0.3, -0.25) is 0 Å². The van der Waals surface area contributed by atoms with Crippen LogP contribution >= 0.6 is 0 Å². The van der Waals surface area contributed by atoms with Crippen molar-refractivity contribution >= 4 is 0 Å². The van der Waals surface area contributed by atoms with Crippen molar-refractivity contribution in [3.63, 3.8) is 0 Å². The van der Waals surface area contributed by atoms with Crippen LogP contribution in [-0.4, -0.2) is 25.7 Å². The number of hydrogen-bond acceptors (Lipinski definition) is 2. The first kappa shape index (κ1) is 15.3. The Morgan fingerprint density at radius 1 is 1.11 bits per heavy atom. The Balaban J connectivity index is 1.42. The van der Waals surface area contributed by atoms with Crippen LogP contribution in [0.15, 0.2) is 0 Å². The van der Waals surface area contributed by atoms with Crippen molar-refractivity contribution in [1.82, 2.24) is 10.6 Å². The van der Waals surface area contributed by atoms with E-state index in [0.29, 0.717) is 0 Å². The number of nitrogens with one attached hydrogen (secondary N) is 2. The molecule has 3 atom stereocenters.